The summed E-state index contributed by atoms with van der Waals surface area (Å²) in [5.41, 5.74) is 1.90. The summed E-state index contributed by atoms with van der Waals surface area (Å²) in [6, 6.07) is 13.1. The summed E-state index contributed by atoms with van der Waals surface area (Å²) in [6.07, 6.45) is 9.97. The molecule has 1 saturated carbocycles. The molecule has 0 spiro atoms. The van der Waals surface area contributed by atoms with Crippen molar-refractivity contribution in [2.75, 3.05) is 13.1 Å². The molecule has 2 fully saturated rings. The van der Waals surface area contributed by atoms with Crippen LogP contribution in [0.4, 0.5) is 0 Å². The molecule has 1 aliphatic carbocycles. The molecule has 3 atom stereocenters. The quantitative estimate of drug-likeness (QED) is 0.800. The number of hydrogen-bond acceptors (Lipinski definition) is 3. The van der Waals surface area contributed by atoms with Gasteiger partial charge in [-0.25, -0.2) is 0 Å². The monoisotopic (exact) mass is 402 g/mol. The van der Waals surface area contributed by atoms with Gasteiger partial charge in [-0.3, -0.25) is 9.48 Å². The molecule has 152 valence electrons. The third-order valence-corrected chi connectivity index (χ3v) is 6.05. The van der Waals surface area contributed by atoms with E-state index in [1.165, 1.54) is 24.8 Å². The first-order chi connectivity index (χ1) is 13.3. The second-order valence-electron chi connectivity index (χ2n) is 8.00. The molecule has 2 N–H and O–H groups in total. The first-order valence-corrected chi connectivity index (χ1v) is 10.4. The van der Waals surface area contributed by atoms with Gasteiger partial charge in [-0.2, -0.15) is 5.10 Å². The van der Waals surface area contributed by atoms with E-state index in [1.807, 2.05) is 16.9 Å². The first-order valence-electron chi connectivity index (χ1n) is 10.4. The molecule has 0 bridgehead atoms. The second-order valence-corrected chi connectivity index (χ2v) is 8.00. The number of aromatic nitrogens is 2. The largest absolute Gasteiger partial charge is 0.348 e. The summed E-state index contributed by atoms with van der Waals surface area (Å²) in [4.78, 5) is 12.8. The number of carbonyl (C=O) groups excluding carboxylic acids is 1. The SMILES string of the molecule is Cl.O=C(NC1CCCCC1Cc1ccccc1)c1ccn(C2CCCNC2)n1. The van der Waals surface area contributed by atoms with Gasteiger partial charge < -0.3 is 10.6 Å². The molecule has 1 aliphatic heterocycles. The molecule has 5 nitrogen and oxygen atoms in total. The van der Waals surface area contributed by atoms with Crippen molar-refractivity contribution in [2.45, 2.75) is 57.0 Å². The van der Waals surface area contributed by atoms with E-state index in [2.05, 4.69) is 46.1 Å². The lowest BCUT2D eigenvalue weighted by Crippen LogP contribution is -2.43. The Labute approximate surface area is 173 Å². The van der Waals surface area contributed by atoms with E-state index in [0.29, 0.717) is 17.7 Å². The molecular formula is C22H31ClN4O. The molecule has 2 aromatic rings. The Morgan fingerprint density at radius 2 is 1.93 bits per heavy atom. The average Bonchev–Trinajstić information content (AvgIpc) is 3.21. The van der Waals surface area contributed by atoms with Gasteiger partial charge in [0.05, 0.1) is 6.04 Å². The molecule has 1 saturated heterocycles. The molecule has 28 heavy (non-hydrogen) atoms. The number of nitrogens with one attached hydrogen (secondary N) is 2. The van der Waals surface area contributed by atoms with Crippen molar-refractivity contribution in [1.29, 1.82) is 0 Å². The van der Waals surface area contributed by atoms with Crippen molar-refractivity contribution >= 4 is 18.3 Å². The van der Waals surface area contributed by atoms with Gasteiger partial charge in [-0.15, -0.1) is 12.4 Å². The highest BCUT2D eigenvalue weighted by atomic mass is 35.5. The third kappa shape index (κ3) is 5.15. The Kier molecular flexibility index (Phi) is 7.51. The maximum absolute atomic E-state index is 12.8. The smallest absolute Gasteiger partial charge is 0.272 e. The van der Waals surface area contributed by atoms with Gasteiger partial charge in [0.25, 0.3) is 5.91 Å². The predicted molar refractivity (Wildman–Crippen MR) is 114 cm³/mol. The summed E-state index contributed by atoms with van der Waals surface area (Å²) in [6.45, 7) is 2.01. The molecule has 2 heterocycles. The summed E-state index contributed by atoms with van der Waals surface area (Å²) in [5.74, 6) is 0.484. The average molecular weight is 403 g/mol. The van der Waals surface area contributed by atoms with E-state index >= 15 is 0 Å². The minimum absolute atomic E-state index is 0. The van der Waals surface area contributed by atoms with Crippen molar-refractivity contribution in [1.82, 2.24) is 20.4 Å². The lowest BCUT2D eigenvalue weighted by molar-refractivity contribution is 0.0899. The highest BCUT2D eigenvalue weighted by molar-refractivity contribution is 5.92. The predicted octanol–water partition coefficient (Wildman–Crippen LogP) is 3.76. The van der Waals surface area contributed by atoms with E-state index in [0.717, 1.165) is 38.8 Å². The second kappa shape index (κ2) is 10.1. The maximum Gasteiger partial charge on any atom is 0.272 e. The lowest BCUT2D eigenvalue weighted by atomic mass is 9.80. The fourth-order valence-electron chi connectivity index (χ4n) is 4.52. The van der Waals surface area contributed by atoms with E-state index in [1.54, 1.807) is 0 Å². The summed E-state index contributed by atoms with van der Waals surface area (Å²) in [7, 11) is 0. The summed E-state index contributed by atoms with van der Waals surface area (Å²) < 4.78 is 1.96. The van der Waals surface area contributed by atoms with Gasteiger partial charge in [-0.1, -0.05) is 43.2 Å². The minimum Gasteiger partial charge on any atom is -0.348 e. The number of hydrogen-bond donors (Lipinski definition) is 2. The number of halogens is 1. The van der Waals surface area contributed by atoms with Crippen LogP contribution in [-0.4, -0.2) is 34.8 Å². The van der Waals surface area contributed by atoms with Crippen molar-refractivity contribution in [3.63, 3.8) is 0 Å². The molecule has 2 aliphatic rings. The van der Waals surface area contributed by atoms with Crippen molar-refractivity contribution < 1.29 is 4.79 Å². The number of nitrogens with zero attached hydrogens (tertiary/aromatic N) is 2. The van der Waals surface area contributed by atoms with Crippen LogP contribution in [-0.2, 0) is 6.42 Å². The van der Waals surface area contributed by atoms with Gasteiger partial charge in [0.2, 0.25) is 0 Å². The zero-order valence-electron chi connectivity index (χ0n) is 16.3. The molecular weight excluding hydrogens is 372 g/mol. The lowest BCUT2D eigenvalue weighted by Gasteiger charge is -2.32. The molecule has 3 unspecified atom stereocenters. The number of rotatable bonds is 5. The highest BCUT2D eigenvalue weighted by Crippen LogP contribution is 2.28. The van der Waals surface area contributed by atoms with Gasteiger partial charge in [0.1, 0.15) is 5.69 Å². The van der Waals surface area contributed by atoms with Crippen molar-refractivity contribution in [3.8, 4) is 0 Å². The standard InChI is InChI=1S/C22H30N4O.ClH/c27-22(21-12-14-26(25-21)19-10-6-13-23-16-19)24-20-11-5-4-9-18(20)15-17-7-2-1-3-8-17;/h1-3,7-8,12,14,18-20,23H,4-6,9-11,13,15-16H2,(H,24,27);1H. The summed E-state index contributed by atoms with van der Waals surface area (Å²) >= 11 is 0. The van der Waals surface area contributed by atoms with Crippen LogP contribution in [0.1, 0.15) is 60.6 Å². The van der Waals surface area contributed by atoms with Crippen LogP contribution in [0, 0.1) is 5.92 Å². The molecule has 0 radical (unpaired) electrons. The molecule has 6 heteroatoms. The Morgan fingerprint density at radius 3 is 2.71 bits per heavy atom. The zero-order chi connectivity index (χ0) is 18.5. The van der Waals surface area contributed by atoms with Crippen LogP contribution in [0.25, 0.3) is 0 Å². The van der Waals surface area contributed by atoms with Gasteiger partial charge in [0, 0.05) is 18.8 Å². The van der Waals surface area contributed by atoms with Crippen LogP contribution in [0.3, 0.4) is 0 Å². The van der Waals surface area contributed by atoms with Crippen LogP contribution in [0.2, 0.25) is 0 Å². The van der Waals surface area contributed by atoms with Gasteiger partial charge in [0.15, 0.2) is 0 Å². The maximum atomic E-state index is 12.8. The fourth-order valence-corrected chi connectivity index (χ4v) is 4.52. The Morgan fingerprint density at radius 1 is 1.11 bits per heavy atom. The molecule has 1 aromatic carbocycles. The van der Waals surface area contributed by atoms with Crippen LogP contribution in [0.5, 0.6) is 0 Å². The third-order valence-electron chi connectivity index (χ3n) is 6.05. The summed E-state index contributed by atoms with van der Waals surface area (Å²) in [5, 5.41) is 11.3. The molecule has 4 rings (SSSR count). The van der Waals surface area contributed by atoms with Gasteiger partial charge >= 0.3 is 0 Å². The topological polar surface area (TPSA) is 59.0 Å². The van der Waals surface area contributed by atoms with E-state index in [9.17, 15) is 4.79 Å². The minimum atomic E-state index is -0.0255. The normalized spacial score (nSPS) is 24.9. The van der Waals surface area contributed by atoms with Crippen LogP contribution >= 0.6 is 12.4 Å². The van der Waals surface area contributed by atoms with Crippen molar-refractivity contribution in [3.05, 3.63) is 53.9 Å². The van der Waals surface area contributed by atoms with E-state index < -0.39 is 0 Å². The van der Waals surface area contributed by atoms with E-state index in [-0.39, 0.29) is 24.4 Å². The first kappa shape index (κ1) is 20.9. The number of amides is 1. The van der Waals surface area contributed by atoms with Gasteiger partial charge in [-0.05, 0) is 56.2 Å². The highest BCUT2D eigenvalue weighted by Gasteiger charge is 2.28. The number of benzene rings is 1. The zero-order valence-corrected chi connectivity index (χ0v) is 17.2. The number of carbonyl (C=O) groups is 1. The molecule has 1 aromatic heterocycles. The van der Waals surface area contributed by atoms with Crippen molar-refractivity contribution in [2.24, 2.45) is 5.92 Å². The Hall–Kier alpha value is -1.85. The Balaban J connectivity index is 0.00000225. The van der Waals surface area contributed by atoms with E-state index in [4.69, 9.17) is 0 Å². The number of piperidine rings is 1. The Bertz CT molecular complexity index is 742. The van der Waals surface area contributed by atoms with Crippen LogP contribution < -0.4 is 10.6 Å². The van der Waals surface area contributed by atoms with Crippen LogP contribution in [0.15, 0.2) is 42.6 Å². The molecule has 1 amide bonds. The fraction of sp³-hybridized carbons (Fsp3) is 0.545.